The number of H-pyrrole nitrogens is 1. The van der Waals surface area contributed by atoms with E-state index in [2.05, 4.69) is 218 Å². The fraction of sp³-hybridized carbons (Fsp3) is 0.646. The van der Waals surface area contributed by atoms with Crippen molar-refractivity contribution in [1.82, 2.24) is 33.6 Å². The van der Waals surface area contributed by atoms with Crippen LogP contribution in [0, 0.1) is 20.8 Å². The largest absolute Gasteiger partial charge is 0.497 e. The summed E-state index contributed by atoms with van der Waals surface area (Å²) in [6.45, 7) is 60.6. The Bertz CT molecular complexity index is 5330. The molecule has 4 N–H and O–H groups in total. The number of ether oxygens (including phenoxy) is 5. The van der Waals surface area contributed by atoms with Gasteiger partial charge in [0.05, 0.1) is 71.9 Å². The molecular formula is C99H153Cl2N9O18S3Si6. The highest BCUT2D eigenvalue weighted by atomic mass is 35.5. The van der Waals surface area contributed by atoms with E-state index < -0.39 is 108 Å². The van der Waals surface area contributed by atoms with Gasteiger partial charge in [-0.1, -0.05) is 227 Å². The van der Waals surface area contributed by atoms with Crippen LogP contribution in [0.3, 0.4) is 0 Å². The molecule has 7 aromatic rings. The Morgan fingerprint density at radius 3 is 1.07 bits per heavy atom. The first-order valence-corrected chi connectivity index (χ1v) is 64.9. The van der Waals surface area contributed by atoms with Crippen molar-refractivity contribution in [3.63, 3.8) is 0 Å². The van der Waals surface area contributed by atoms with Crippen molar-refractivity contribution in [2.24, 2.45) is 0 Å². The summed E-state index contributed by atoms with van der Waals surface area (Å²) in [7, 11) is -13.2. The van der Waals surface area contributed by atoms with Crippen LogP contribution >= 0.6 is 58.5 Å². The molecular weight excluding hydrogens is 1940 g/mol. The minimum atomic E-state index is -2.91. The molecule has 9 fully saturated rings. The molecule has 0 amide bonds. The number of thioether (sulfide) groups is 3. The lowest BCUT2D eigenvalue weighted by molar-refractivity contribution is -0.0571. The van der Waals surface area contributed by atoms with E-state index in [1.807, 2.05) is 116 Å². The number of nitrogen functional groups attached to an aromatic ring is 1. The topological polar surface area (TPSA) is 305 Å². The Morgan fingerprint density at radius 2 is 0.781 bits per heavy atom. The minimum absolute atomic E-state index is 0.182. The second-order valence-electron chi connectivity index (χ2n) is 41.6. The van der Waals surface area contributed by atoms with Crippen molar-refractivity contribution in [1.29, 1.82) is 0 Å². The van der Waals surface area contributed by atoms with Gasteiger partial charge in [-0.15, -0.1) is 58.5 Å². The third-order valence-electron chi connectivity index (χ3n) is 29.5. The number of nitrogens with zero attached hydrogens (tertiary/aromatic N) is 6. The van der Waals surface area contributed by atoms with Gasteiger partial charge in [-0.05, 0) is 188 Å². The number of fused-ring (bicyclic) bond motifs is 6. The molecule has 9 saturated heterocycles. The van der Waals surface area contributed by atoms with E-state index in [1.165, 1.54) is 21.8 Å². The van der Waals surface area contributed by atoms with E-state index in [0.29, 0.717) is 25.6 Å². The normalized spacial score (nSPS) is 27.1. The predicted molar refractivity (Wildman–Crippen MR) is 566 cm³/mol. The summed E-state index contributed by atoms with van der Waals surface area (Å²) in [5.74, 6) is 5.05. The summed E-state index contributed by atoms with van der Waals surface area (Å²) in [6.07, 6.45) is 6.24. The van der Waals surface area contributed by atoms with Gasteiger partial charge in [-0.25, -0.2) is 14.4 Å². The molecule has 38 heteroatoms. The van der Waals surface area contributed by atoms with Crippen LogP contribution in [-0.2, 0) is 58.7 Å². The lowest BCUT2D eigenvalue weighted by Crippen LogP contribution is -2.67. The highest BCUT2D eigenvalue weighted by Crippen LogP contribution is 2.65. The van der Waals surface area contributed by atoms with E-state index in [0.717, 1.165) is 70.4 Å². The summed E-state index contributed by atoms with van der Waals surface area (Å²) >= 11 is 15.0. The first kappa shape index (κ1) is 111. The van der Waals surface area contributed by atoms with Crippen LogP contribution in [0.15, 0.2) is 147 Å². The van der Waals surface area contributed by atoms with Crippen LogP contribution in [0.4, 0.5) is 11.6 Å². The maximum atomic E-state index is 14.5. The predicted octanol–water partition coefficient (Wildman–Crippen LogP) is 21.6. The molecule has 0 aliphatic carbocycles. The summed E-state index contributed by atoms with van der Waals surface area (Å²) in [5, 5.41) is 3.95. The number of benzene rings is 3. The number of aromatic amines is 1. The Morgan fingerprint density at radius 1 is 0.460 bits per heavy atom. The van der Waals surface area contributed by atoms with Crippen molar-refractivity contribution in [2.75, 3.05) is 67.7 Å². The average molecular weight is 2090 g/mol. The monoisotopic (exact) mass is 2090 g/mol. The van der Waals surface area contributed by atoms with Crippen molar-refractivity contribution >= 4 is 121 Å². The molecule has 16 rings (SSSR count). The van der Waals surface area contributed by atoms with E-state index in [1.54, 1.807) is 53.6 Å². The molecule has 13 heterocycles. The lowest BCUT2D eigenvalue weighted by atomic mass is 9.77. The van der Waals surface area contributed by atoms with Crippen molar-refractivity contribution in [3.05, 3.63) is 203 Å². The molecule has 9 aliphatic rings. The molecule has 0 bridgehead atoms. The zero-order chi connectivity index (χ0) is 100. The van der Waals surface area contributed by atoms with Crippen LogP contribution < -0.4 is 43.2 Å². The zero-order valence-electron chi connectivity index (χ0n) is 85.9. The maximum Gasteiger partial charge on any atom is 0.351 e. The molecule has 4 aromatic heterocycles. The van der Waals surface area contributed by atoms with Crippen molar-refractivity contribution < 1.29 is 62.6 Å². The van der Waals surface area contributed by atoms with Crippen molar-refractivity contribution in [3.8, 4) is 11.5 Å². The minimum Gasteiger partial charge on any atom is -0.497 e. The lowest BCUT2D eigenvalue weighted by Gasteiger charge is -2.54. The molecule has 3 aromatic carbocycles. The number of methoxy groups -OCH3 is 2. The van der Waals surface area contributed by atoms with Gasteiger partial charge in [-0.2, -0.15) is 9.97 Å². The van der Waals surface area contributed by atoms with Crippen LogP contribution in [-0.4, -0.2) is 193 Å². The number of hydrogen-bond acceptors (Lipinski definition) is 26. The standard InChI is InChI=1S/C44H59N3O7SSi2.C23H41N3O5SSi2.C23H40N2O6SSi2.C8H11N.CH2Cl2/c1-29(2)56(30(3)4)51-28-38-40(53-57(54-56,31(5)6)32(7)8)43(25-27-55-43)41(52-38)47-26-24-39(45-42(47)48)46-44(33-14-12-11-13-15-33,34-16-20-36(49-9)21-17-34)35-18-22-37(50-10)23-19-35;1-14(2)33(15(3)4)28-13-18-20(30-34(31-33,16(5)6)17(7)8)23(10-12-32-23)21(29-18)26-11-9-19(24)25-22(26)27;1-14(2)33(15(3)4)28-13-18-20(30-34(31-33,16(5)6)17(7)8)23(10-12-32-23)21(29-18)25-11-9-19(26)24-22(25)27;1-6-4-7(2)8(3)9-5-6;2-1-3/h11-24,26,29-32,38,40-41H,25,27-28H2,1-10H3,(H,45,46,48);9,11,14-18,20-21H,10,12-13H2,1-8H3,(H2,24,25,27);9,11,14-18,20-21H,10,12-13H2,1-8H3,(H,24,26,27);4-5H,1-3H3;1H2/t38-,40-,41-,43-;2*18-,20-,21-,23-;;/m111../s1. The summed E-state index contributed by atoms with van der Waals surface area (Å²) in [4.78, 5) is 67.1. The quantitative estimate of drug-likeness (QED) is 0.0322. The van der Waals surface area contributed by atoms with Gasteiger partial charge in [-0.3, -0.25) is 28.5 Å². The van der Waals surface area contributed by atoms with Gasteiger partial charge in [0.2, 0.25) is 0 Å². The van der Waals surface area contributed by atoms with Crippen LogP contribution in [0.5, 0.6) is 11.5 Å². The van der Waals surface area contributed by atoms with E-state index in [-0.39, 0.29) is 119 Å². The highest BCUT2D eigenvalue weighted by molar-refractivity contribution is 8.02. The average Bonchev–Trinajstić information content (AvgIpc) is 1.56. The first-order chi connectivity index (χ1) is 64.7. The van der Waals surface area contributed by atoms with Gasteiger partial charge >= 0.3 is 68.4 Å². The van der Waals surface area contributed by atoms with Gasteiger partial charge in [0.15, 0.2) is 18.7 Å². The van der Waals surface area contributed by atoms with Gasteiger partial charge in [0, 0.05) is 36.5 Å². The van der Waals surface area contributed by atoms with Crippen LogP contribution in [0.1, 0.15) is 238 Å². The molecule has 758 valence electrons. The number of anilines is 2. The van der Waals surface area contributed by atoms with Crippen LogP contribution in [0.25, 0.3) is 0 Å². The third kappa shape index (κ3) is 21.1. The number of rotatable bonds is 22. The Balaban J connectivity index is 0.000000181. The number of pyridine rings is 1. The smallest absolute Gasteiger partial charge is 0.351 e. The Kier molecular flexibility index (Phi) is 36.2. The first-order valence-electron chi connectivity index (χ1n) is 49.0. The molecule has 9 aliphatic heterocycles. The van der Waals surface area contributed by atoms with Crippen LogP contribution in [0.2, 0.25) is 66.5 Å². The van der Waals surface area contributed by atoms with E-state index in [9.17, 15) is 19.2 Å². The van der Waals surface area contributed by atoms with E-state index >= 15 is 0 Å². The van der Waals surface area contributed by atoms with Gasteiger partial charge in [0.25, 0.3) is 5.56 Å². The van der Waals surface area contributed by atoms with E-state index in [4.69, 9.17) is 96.5 Å². The van der Waals surface area contributed by atoms with Gasteiger partial charge in [0.1, 0.15) is 47.0 Å². The summed E-state index contributed by atoms with van der Waals surface area (Å²) in [6, 6.07) is 33.2. The fourth-order valence-corrected chi connectivity index (χ4v) is 59.9. The second kappa shape index (κ2) is 44.9. The highest BCUT2D eigenvalue weighted by Gasteiger charge is 2.72. The van der Waals surface area contributed by atoms with Gasteiger partial charge < -0.3 is 73.6 Å². The number of aryl methyl sites for hydroxylation is 3. The Hall–Kier alpha value is -5.10. The molecule has 12 atom stereocenters. The molecule has 0 saturated carbocycles. The number of nitrogens with one attached hydrogen (secondary N) is 2. The SMILES string of the molecule is CC(C)[Si]1(C(C)C)OC[C@H]2O[C@@H](n3ccc(=O)[nH]c3=O)[C@@]3(CCS3)[C@@H]2O[Si](C(C)C)(C(C)C)O1.CC(C)[Si]1(C(C)C)OC[C@H]2O[C@@H](n3ccc(N)nc3=O)[C@@]3(CCS3)[C@@H]2O[Si](C(C)C)(C(C)C)O1.COc1ccc(C(Nc2ccn([C@@H]3O[C@@H]4CO[Si](C(C)C)(C(C)C)O[Si](C(C)C)(C(C)C)O[C@H]4[C@]34CCS4)c(=O)n2)(c2ccccc2)c2ccc(OC)cc2)cc1.Cc1cnc(C)c(C)c1.ClCCl. The molecule has 3 spiro atoms. The molecule has 0 unspecified atom stereocenters. The summed E-state index contributed by atoms with van der Waals surface area (Å²) in [5.41, 5.74) is 12.4. The zero-order valence-corrected chi connectivity index (χ0v) is 95.9. The number of halogens is 2. The number of aromatic nitrogens is 7. The number of hydrogen-bond donors (Lipinski definition) is 3. The maximum absolute atomic E-state index is 14.5. The summed E-state index contributed by atoms with van der Waals surface area (Å²) < 4.78 is 100. The molecule has 0 radical (unpaired) electrons. The number of alkyl halides is 2. The van der Waals surface area contributed by atoms with Crippen molar-refractivity contribution in [2.45, 2.75) is 348 Å². The number of nitrogens with two attached hydrogens (primary N) is 1. The molecule has 27 nitrogen and oxygen atoms in total. The second-order valence-corrected chi connectivity index (χ2v) is 73.3. The Labute approximate surface area is 841 Å². The molecule has 137 heavy (non-hydrogen) atoms. The third-order valence-corrected chi connectivity index (χ3v) is 65.0. The fourth-order valence-electron chi connectivity index (χ4n) is 21.8.